The fraction of sp³-hybridized carbons (Fsp3) is 0.111. The summed E-state index contributed by atoms with van der Waals surface area (Å²) in [6.45, 7) is 0. The van der Waals surface area contributed by atoms with Gasteiger partial charge in [0.05, 0.1) is 6.10 Å². The highest BCUT2D eigenvalue weighted by Gasteiger charge is 2.14. The normalized spacial score (nSPS) is 12.5. The molecule has 0 fully saturated rings. The third kappa shape index (κ3) is 3.23. The van der Waals surface area contributed by atoms with Crippen LogP contribution < -0.4 is 0 Å². The van der Waals surface area contributed by atoms with Crippen LogP contribution in [0, 0.1) is 3.57 Å². The molecule has 0 heterocycles. The summed E-state index contributed by atoms with van der Waals surface area (Å²) < 4.78 is 1.03. The average molecular weight is 409 g/mol. The van der Waals surface area contributed by atoms with E-state index in [9.17, 15) is 5.11 Å². The second-order valence-corrected chi connectivity index (χ2v) is 6.62. The van der Waals surface area contributed by atoms with Crippen molar-refractivity contribution < 1.29 is 5.11 Å². The van der Waals surface area contributed by atoms with Crippen molar-refractivity contribution in [3.05, 3.63) is 80.4 Å². The SMILES string of the molecule is OC(Cc1cccc2ccccc12)c1cc(Cl)ccc1I. The maximum absolute atomic E-state index is 10.6. The van der Waals surface area contributed by atoms with E-state index >= 15 is 0 Å². The minimum Gasteiger partial charge on any atom is -0.388 e. The standard InChI is InChI=1S/C18H14ClIO/c19-14-8-9-17(20)16(11-14)18(21)10-13-6-3-5-12-4-1-2-7-15(12)13/h1-9,11,18,21H,10H2. The summed E-state index contributed by atoms with van der Waals surface area (Å²) in [5.41, 5.74) is 2.03. The molecule has 3 aromatic carbocycles. The molecule has 0 aromatic heterocycles. The van der Waals surface area contributed by atoms with Crippen LogP contribution in [-0.2, 0) is 6.42 Å². The Hall–Kier alpha value is -1.10. The molecule has 3 heteroatoms. The van der Waals surface area contributed by atoms with Crippen molar-refractivity contribution in [2.24, 2.45) is 0 Å². The summed E-state index contributed by atoms with van der Waals surface area (Å²) in [7, 11) is 0. The third-order valence-electron chi connectivity index (χ3n) is 3.61. The number of halogens is 2. The largest absolute Gasteiger partial charge is 0.388 e. The molecular weight excluding hydrogens is 395 g/mol. The summed E-state index contributed by atoms with van der Waals surface area (Å²) in [4.78, 5) is 0. The Morgan fingerprint density at radius 1 is 1.00 bits per heavy atom. The first kappa shape index (κ1) is 14.8. The second kappa shape index (κ2) is 6.34. The predicted octanol–water partition coefficient (Wildman–Crippen LogP) is 5.37. The van der Waals surface area contributed by atoms with Crippen LogP contribution in [0.2, 0.25) is 5.02 Å². The highest BCUT2D eigenvalue weighted by Crippen LogP contribution is 2.28. The van der Waals surface area contributed by atoms with Crippen LogP contribution in [0.4, 0.5) is 0 Å². The quantitative estimate of drug-likeness (QED) is 0.577. The van der Waals surface area contributed by atoms with Gasteiger partial charge in [0.1, 0.15) is 0 Å². The molecule has 0 saturated heterocycles. The summed E-state index contributed by atoms with van der Waals surface area (Å²) >= 11 is 8.28. The van der Waals surface area contributed by atoms with Gasteiger partial charge in [0.15, 0.2) is 0 Å². The van der Waals surface area contributed by atoms with Crippen LogP contribution in [-0.4, -0.2) is 5.11 Å². The van der Waals surface area contributed by atoms with E-state index in [2.05, 4.69) is 46.9 Å². The molecule has 1 unspecified atom stereocenters. The van der Waals surface area contributed by atoms with Gasteiger partial charge in [-0.3, -0.25) is 0 Å². The Labute approximate surface area is 142 Å². The minimum absolute atomic E-state index is 0.554. The molecule has 3 rings (SSSR count). The molecule has 0 aliphatic rings. The Morgan fingerprint density at radius 2 is 1.76 bits per heavy atom. The summed E-state index contributed by atoms with van der Waals surface area (Å²) in [5.74, 6) is 0. The zero-order chi connectivity index (χ0) is 14.8. The summed E-state index contributed by atoms with van der Waals surface area (Å²) in [5, 5.41) is 13.6. The fourth-order valence-corrected chi connectivity index (χ4v) is 3.43. The molecule has 0 aliphatic carbocycles. The number of aliphatic hydroxyl groups excluding tert-OH is 1. The first-order valence-corrected chi connectivity index (χ1v) is 8.20. The van der Waals surface area contributed by atoms with Gasteiger partial charge in [-0.25, -0.2) is 0 Å². The highest BCUT2D eigenvalue weighted by molar-refractivity contribution is 14.1. The van der Waals surface area contributed by atoms with Crippen LogP contribution >= 0.6 is 34.2 Å². The van der Waals surface area contributed by atoms with E-state index in [1.54, 1.807) is 0 Å². The molecular formula is C18H14ClIO. The van der Waals surface area contributed by atoms with Crippen molar-refractivity contribution in [1.82, 2.24) is 0 Å². The van der Waals surface area contributed by atoms with Crippen molar-refractivity contribution in [2.75, 3.05) is 0 Å². The number of rotatable bonds is 3. The lowest BCUT2D eigenvalue weighted by atomic mass is 9.97. The number of fused-ring (bicyclic) bond motifs is 1. The lowest BCUT2D eigenvalue weighted by Gasteiger charge is -2.15. The maximum Gasteiger partial charge on any atom is 0.0841 e. The maximum atomic E-state index is 10.6. The van der Waals surface area contributed by atoms with Gasteiger partial charge in [-0.05, 0) is 62.7 Å². The van der Waals surface area contributed by atoms with Gasteiger partial charge in [0, 0.05) is 15.0 Å². The molecule has 1 atom stereocenters. The monoisotopic (exact) mass is 408 g/mol. The van der Waals surface area contributed by atoms with Gasteiger partial charge in [-0.15, -0.1) is 0 Å². The van der Waals surface area contributed by atoms with Crippen LogP contribution in [0.15, 0.2) is 60.7 Å². The highest BCUT2D eigenvalue weighted by atomic mass is 127. The second-order valence-electron chi connectivity index (χ2n) is 5.02. The summed E-state index contributed by atoms with van der Waals surface area (Å²) in [6, 6.07) is 20.1. The van der Waals surface area contributed by atoms with Gasteiger partial charge in [-0.1, -0.05) is 54.1 Å². The summed E-state index contributed by atoms with van der Waals surface area (Å²) in [6.07, 6.45) is 0.0268. The van der Waals surface area contributed by atoms with E-state index < -0.39 is 6.10 Å². The van der Waals surface area contributed by atoms with Gasteiger partial charge in [0.25, 0.3) is 0 Å². The first-order chi connectivity index (χ1) is 10.1. The molecule has 0 radical (unpaired) electrons. The lowest BCUT2D eigenvalue weighted by molar-refractivity contribution is 0.178. The topological polar surface area (TPSA) is 20.2 Å². The lowest BCUT2D eigenvalue weighted by Crippen LogP contribution is -2.04. The van der Waals surface area contributed by atoms with Crippen molar-refractivity contribution in [3.8, 4) is 0 Å². The van der Waals surface area contributed by atoms with Gasteiger partial charge in [-0.2, -0.15) is 0 Å². The molecule has 1 N–H and O–H groups in total. The van der Waals surface area contributed by atoms with Crippen molar-refractivity contribution in [2.45, 2.75) is 12.5 Å². The van der Waals surface area contributed by atoms with Crippen LogP contribution in [0.25, 0.3) is 10.8 Å². The number of benzene rings is 3. The Kier molecular flexibility index (Phi) is 4.48. The zero-order valence-corrected chi connectivity index (χ0v) is 14.2. The third-order valence-corrected chi connectivity index (χ3v) is 4.83. The Morgan fingerprint density at radius 3 is 2.62 bits per heavy atom. The molecule has 0 spiro atoms. The van der Waals surface area contributed by atoms with E-state index in [1.807, 2.05) is 36.4 Å². The molecule has 21 heavy (non-hydrogen) atoms. The molecule has 3 aromatic rings. The smallest absolute Gasteiger partial charge is 0.0841 e. The van der Waals surface area contributed by atoms with E-state index in [1.165, 1.54) is 10.8 Å². The molecule has 106 valence electrons. The Balaban J connectivity index is 1.96. The van der Waals surface area contributed by atoms with E-state index in [4.69, 9.17) is 11.6 Å². The average Bonchev–Trinajstić information content (AvgIpc) is 2.50. The van der Waals surface area contributed by atoms with E-state index in [0.717, 1.165) is 14.7 Å². The van der Waals surface area contributed by atoms with Crippen molar-refractivity contribution in [1.29, 1.82) is 0 Å². The fourth-order valence-electron chi connectivity index (χ4n) is 2.56. The Bertz CT molecular complexity index is 780. The van der Waals surface area contributed by atoms with Gasteiger partial charge in [0.2, 0.25) is 0 Å². The van der Waals surface area contributed by atoms with Crippen LogP contribution in [0.3, 0.4) is 0 Å². The number of hydrogen-bond acceptors (Lipinski definition) is 1. The molecule has 0 saturated carbocycles. The van der Waals surface area contributed by atoms with Gasteiger partial charge < -0.3 is 5.11 Å². The van der Waals surface area contributed by atoms with E-state index in [0.29, 0.717) is 11.4 Å². The molecule has 0 bridgehead atoms. The number of aliphatic hydroxyl groups is 1. The van der Waals surface area contributed by atoms with Crippen molar-refractivity contribution >= 4 is 45.0 Å². The van der Waals surface area contributed by atoms with Crippen LogP contribution in [0.1, 0.15) is 17.2 Å². The van der Waals surface area contributed by atoms with Gasteiger partial charge >= 0.3 is 0 Å². The zero-order valence-electron chi connectivity index (χ0n) is 11.3. The molecule has 1 nitrogen and oxygen atoms in total. The van der Waals surface area contributed by atoms with Crippen LogP contribution in [0.5, 0.6) is 0 Å². The molecule has 0 aliphatic heterocycles. The first-order valence-electron chi connectivity index (χ1n) is 6.75. The predicted molar refractivity (Wildman–Crippen MR) is 96.8 cm³/mol. The van der Waals surface area contributed by atoms with Crippen molar-refractivity contribution in [3.63, 3.8) is 0 Å². The minimum atomic E-state index is -0.554. The molecule has 0 amide bonds. The van der Waals surface area contributed by atoms with E-state index in [-0.39, 0.29) is 0 Å². The number of hydrogen-bond donors (Lipinski definition) is 1.